The highest BCUT2D eigenvalue weighted by Crippen LogP contribution is 2.10. The van der Waals surface area contributed by atoms with Crippen molar-refractivity contribution in [1.29, 1.82) is 0 Å². The number of ether oxygens (including phenoxy) is 1. The first-order chi connectivity index (χ1) is 7.74. The molecule has 1 N–H and O–H groups in total. The van der Waals surface area contributed by atoms with Gasteiger partial charge < -0.3 is 9.84 Å². The van der Waals surface area contributed by atoms with E-state index in [0.29, 0.717) is 13.2 Å². The topological polar surface area (TPSA) is 29.5 Å². The van der Waals surface area contributed by atoms with Crippen LogP contribution in [0.2, 0.25) is 0 Å². The average Bonchev–Trinajstić information content (AvgIpc) is 2.30. The molecular formula is C14H20O2. The highest BCUT2D eigenvalue weighted by atomic mass is 16.5. The lowest BCUT2D eigenvalue weighted by atomic mass is 10.0. The zero-order chi connectivity index (χ0) is 11.8. The summed E-state index contributed by atoms with van der Waals surface area (Å²) < 4.78 is 5.46. The smallest absolute Gasteiger partial charge is 0.0802 e. The summed E-state index contributed by atoms with van der Waals surface area (Å²) in [7, 11) is 0. The fraction of sp³-hybridized carbons (Fsp3) is 0.429. The summed E-state index contributed by atoms with van der Waals surface area (Å²) in [5.41, 5.74) is 1.13. The molecule has 0 aliphatic rings. The maximum absolute atomic E-state index is 9.75. The molecule has 16 heavy (non-hydrogen) atoms. The number of rotatable bonds is 7. The Hall–Kier alpha value is -1.12. The molecule has 2 atom stereocenters. The van der Waals surface area contributed by atoms with Gasteiger partial charge in [-0.05, 0) is 17.9 Å². The summed E-state index contributed by atoms with van der Waals surface area (Å²) in [5, 5.41) is 9.75. The number of benzene rings is 1. The van der Waals surface area contributed by atoms with Crippen molar-refractivity contribution < 1.29 is 9.84 Å². The molecule has 0 saturated heterocycles. The Morgan fingerprint density at radius 3 is 2.69 bits per heavy atom. The molecule has 1 aromatic rings. The second-order valence-electron chi connectivity index (χ2n) is 4.07. The Balaban J connectivity index is 2.22. The van der Waals surface area contributed by atoms with Crippen molar-refractivity contribution in [2.24, 2.45) is 5.92 Å². The van der Waals surface area contributed by atoms with E-state index in [1.54, 1.807) is 0 Å². The molecule has 0 unspecified atom stereocenters. The first-order valence-corrected chi connectivity index (χ1v) is 5.64. The Kier molecular flexibility index (Phi) is 5.83. The molecule has 0 amide bonds. The van der Waals surface area contributed by atoms with Crippen molar-refractivity contribution in [3.63, 3.8) is 0 Å². The Labute approximate surface area is 97.6 Å². The number of aliphatic hydroxyl groups is 1. The van der Waals surface area contributed by atoms with Gasteiger partial charge in [-0.1, -0.05) is 43.3 Å². The monoisotopic (exact) mass is 220 g/mol. The second-order valence-corrected chi connectivity index (χ2v) is 4.07. The van der Waals surface area contributed by atoms with E-state index in [-0.39, 0.29) is 5.92 Å². The summed E-state index contributed by atoms with van der Waals surface area (Å²) in [5.74, 6) is 0.202. The lowest BCUT2D eigenvalue weighted by Crippen LogP contribution is -2.23. The zero-order valence-electron chi connectivity index (χ0n) is 9.80. The molecule has 0 bridgehead atoms. The van der Waals surface area contributed by atoms with Gasteiger partial charge in [0.2, 0.25) is 0 Å². The largest absolute Gasteiger partial charge is 0.390 e. The standard InChI is InChI=1S/C14H20O2/c1-3-7-12(2)14(15)11-16-10-13-8-5-4-6-9-13/h3-6,8-9,12,14-15H,1,7,10-11H2,2H3/t12-,14+/m0/s1. The summed E-state index contributed by atoms with van der Waals surface area (Å²) in [4.78, 5) is 0. The van der Waals surface area contributed by atoms with Crippen molar-refractivity contribution in [2.75, 3.05) is 6.61 Å². The fourth-order valence-corrected chi connectivity index (χ4v) is 1.46. The van der Waals surface area contributed by atoms with E-state index in [4.69, 9.17) is 4.74 Å². The molecule has 0 aromatic heterocycles. The van der Waals surface area contributed by atoms with Gasteiger partial charge in [0.25, 0.3) is 0 Å². The van der Waals surface area contributed by atoms with Gasteiger partial charge in [0.15, 0.2) is 0 Å². The molecule has 0 radical (unpaired) electrons. The summed E-state index contributed by atoms with van der Waals surface area (Å²) in [6.45, 7) is 6.59. The van der Waals surface area contributed by atoms with E-state index in [2.05, 4.69) is 6.58 Å². The predicted octanol–water partition coefficient (Wildman–Crippen LogP) is 2.78. The normalized spacial score (nSPS) is 14.4. The van der Waals surface area contributed by atoms with Crippen LogP contribution in [0.1, 0.15) is 18.9 Å². The van der Waals surface area contributed by atoms with E-state index in [9.17, 15) is 5.11 Å². The SMILES string of the molecule is C=CC[C@H](C)[C@H](O)COCc1ccccc1. The van der Waals surface area contributed by atoms with Crippen molar-refractivity contribution in [2.45, 2.75) is 26.1 Å². The number of aliphatic hydroxyl groups excluding tert-OH is 1. The second kappa shape index (κ2) is 7.20. The number of hydrogen-bond acceptors (Lipinski definition) is 2. The summed E-state index contributed by atoms with van der Waals surface area (Å²) >= 11 is 0. The minimum absolute atomic E-state index is 0.202. The summed E-state index contributed by atoms with van der Waals surface area (Å²) in [6.07, 6.45) is 2.22. The van der Waals surface area contributed by atoms with Crippen LogP contribution in [0.3, 0.4) is 0 Å². The average molecular weight is 220 g/mol. The Bertz CT molecular complexity index is 295. The molecule has 1 rings (SSSR count). The van der Waals surface area contributed by atoms with E-state index in [1.165, 1.54) is 0 Å². The lowest BCUT2D eigenvalue weighted by Gasteiger charge is -2.17. The van der Waals surface area contributed by atoms with E-state index in [1.807, 2.05) is 43.3 Å². The van der Waals surface area contributed by atoms with Crippen LogP contribution in [-0.2, 0) is 11.3 Å². The third-order valence-corrected chi connectivity index (χ3v) is 2.60. The molecule has 0 saturated carbocycles. The van der Waals surface area contributed by atoms with Gasteiger partial charge in [-0.3, -0.25) is 0 Å². The van der Waals surface area contributed by atoms with Crippen LogP contribution in [0.25, 0.3) is 0 Å². The molecule has 0 heterocycles. The van der Waals surface area contributed by atoms with Gasteiger partial charge >= 0.3 is 0 Å². The molecular weight excluding hydrogens is 200 g/mol. The highest BCUT2D eigenvalue weighted by Gasteiger charge is 2.12. The number of hydrogen-bond donors (Lipinski definition) is 1. The third-order valence-electron chi connectivity index (χ3n) is 2.60. The molecule has 2 nitrogen and oxygen atoms in total. The van der Waals surface area contributed by atoms with Gasteiger partial charge in [0, 0.05) is 0 Å². The first kappa shape index (κ1) is 12.9. The van der Waals surface area contributed by atoms with Crippen molar-refractivity contribution in [3.05, 3.63) is 48.6 Å². The first-order valence-electron chi connectivity index (χ1n) is 5.64. The quantitative estimate of drug-likeness (QED) is 0.716. The van der Waals surface area contributed by atoms with Crippen LogP contribution in [-0.4, -0.2) is 17.8 Å². The van der Waals surface area contributed by atoms with Crippen LogP contribution in [0.15, 0.2) is 43.0 Å². The van der Waals surface area contributed by atoms with E-state index >= 15 is 0 Å². The van der Waals surface area contributed by atoms with Gasteiger partial charge in [-0.15, -0.1) is 6.58 Å². The van der Waals surface area contributed by atoms with E-state index in [0.717, 1.165) is 12.0 Å². The van der Waals surface area contributed by atoms with Gasteiger partial charge in [-0.25, -0.2) is 0 Å². The molecule has 0 fully saturated rings. The third kappa shape index (κ3) is 4.60. The van der Waals surface area contributed by atoms with E-state index < -0.39 is 6.10 Å². The van der Waals surface area contributed by atoms with Crippen LogP contribution >= 0.6 is 0 Å². The van der Waals surface area contributed by atoms with Crippen LogP contribution in [0, 0.1) is 5.92 Å². The molecule has 0 spiro atoms. The lowest BCUT2D eigenvalue weighted by molar-refractivity contribution is 0.00278. The van der Waals surface area contributed by atoms with Crippen LogP contribution < -0.4 is 0 Å². The minimum Gasteiger partial charge on any atom is -0.390 e. The van der Waals surface area contributed by atoms with Crippen molar-refractivity contribution in [3.8, 4) is 0 Å². The molecule has 1 aromatic carbocycles. The Morgan fingerprint density at radius 2 is 2.06 bits per heavy atom. The van der Waals surface area contributed by atoms with Gasteiger partial charge in [-0.2, -0.15) is 0 Å². The molecule has 2 heteroatoms. The highest BCUT2D eigenvalue weighted by molar-refractivity contribution is 5.13. The summed E-state index contributed by atoms with van der Waals surface area (Å²) in [6, 6.07) is 9.97. The minimum atomic E-state index is -0.415. The molecule has 88 valence electrons. The van der Waals surface area contributed by atoms with Crippen molar-refractivity contribution in [1.82, 2.24) is 0 Å². The maximum Gasteiger partial charge on any atom is 0.0802 e. The van der Waals surface area contributed by atoms with Crippen LogP contribution in [0.4, 0.5) is 0 Å². The fourth-order valence-electron chi connectivity index (χ4n) is 1.46. The Morgan fingerprint density at radius 1 is 1.38 bits per heavy atom. The molecule has 0 aliphatic carbocycles. The predicted molar refractivity (Wildman–Crippen MR) is 66.1 cm³/mol. The maximum atomic E-state index is 9.75. The molecule has 0 aliphatic heterocycles. The number of allylic oxidation sites excluding steroid dienone is 1. The van der Waals surface area contributed by atoms with Gasteiger partial charge in [0.05, 0.1) is 19.3 Å². The van der Waals surface area contributed by atoms with Crippen LogP contribution in [0.5, 0.6) is 0 Å². The zero-order valence-corrected chi connectivity index (χ0v) is 9.80. The van der Waals surface area contributed by atoms with Gasteiger partial charge in [0.1, 0.15) is 0 Å². The van der Waals surface area contributed by atoms with Crippen molar-refractivity contribution >= 4 is 0 Å².